The Labute approximate surface area is 150 Å². The highest BCUT2D eigenvalue weighted by molar-refractivity contribution is 5.88. The van der Waals surface area contributed by atoms with Crippen molar-refractivity contribution in [3.05, 3.63) is 35.9 Å². The Balaban J connectivity index is 0.00000288. The molecule has 1 saturated heterocycles. The third-order valence-corrected chi connectivity index (χ3v) is 4.39. The SMILES string of the molecule is CC(C)C(NC(=O)Cc1ccccc1)C(=O)N1CCC(CN)C1.Cl. The number of carbonyl (C=O) groups is 2. The molecule has 1 heterocycles. The molecule has 3 N–H and O–H groups in total. The van der Waals surface area contributed by atoms with Gasteiger partial charge in [0.1, 0.15) is 6.04 Å². The van der Waals surface area contributed by atoms with E-state index in [9.17, 15) is 9.59 Å². The molecule has 5 nitrogen and oxygen atoms in total. The van der Waals surface area contributed by atoms with Gasteiger partial charge in [-0.2, -0.15) is 0 Å². The summed E-state index contributed by atoms with van der Waals surface area (Å²) in [7, 11) is 0. The molecule has 0 radical (unpaired) electrons. The second-order valence-corrected chi connectivity index (χ2v) is 6.63. The summed E-state index contributed by atoms with van der Waals surface area (Å²) in [6.45, 7) is 5.96. The third kappa shape index (κ3) is 5.49. The van der Waals surface area contributed by atoms with Crippen LogP contribution in [0.1, 0.15) is 25.8 Å². The number of hydrogen-bond donors (Lipinski definition) is 2. The first kappa shape index (κ1) is 20.5. The first-order valence-electron chi connectivity index (χ1n) is 8.33. The van der Waals surface area contributed by atoms with Crippen LogP contribution in [0.5, 0.6) is 0 Å². The van der Waals surface area contributed by atoms with E-state index in [0.717, 1.165) is 18.5 Å². The van der Waals surface area contributed by atoms with Crippen LogP contribution in [-0.4, -0.2) is 42.4 Å². The van der Waals surface area contributed by atoms with Crippen LogP contribution in [0.25, 0.3) is 0 Å². The lowest BCUT2D eigenvalue weighted by Gasteiger charge is -2.27. The van der Waals surface area contributed by atoms with Crippen LogP contribution in [-0.2, 0) is 16.0 Å². The Morgan fingerprint density at radius 3 is 2.50 bits per heavy atom. The molecule has 1 aromatic rings. The van der Waals surface area contributed by atoms with Crippen LogP contribution in [0.3, 0.4) is 0 Å². The number of nitrogens with one attached hydrogen (secondary N) is 1. The summed E-state index contributed by atoms with van der Waals surface area (Å²) in [5.41, 5.74) is 6.64. The second-order valence-electron chi connectivity index (χ2n) is 6.63. The Bertz CT molecular complexity index is 536. The van der Waals surface area contributed by atoms with E-state index in [1.165, 1.54) is 0 Å². The van der Waals surface area contributed by atoms with Gasteiger partial charge in [-0.15, -0.1) is 12.4 Å². The zero-order chi connectivity index (χ0) is 16.8. The van der Waals surface area contributed by atoms with Crippen molar-refractivity contribution in [2.75, 3.05) is 19.6 Å². The number of halogens is 1. The maximum Gasteiger partial charge on any atom is 0.245 e. The molecule has 2 atom stereocenters. The average Bonchev–Trinajstić information content (AvgIpc) is 3.02. The summed E-state index contributed by atoms with van der Waals surface area (Å²) in [6, 6.07) is 9.09. The van der Waals surface area contributed by atoms with Gasteiger partial charge in [-0.3, -0.25) is 9.59 Å². The Kier molecular flexibility index (Phi) is 8.22. The first-order valence-corrected chi connectivity index (χ1v) is 8.33. The normalized spacial score (nSPS) is 18.2. The van der Waals surface area contributed by atoms with E-state index < -0.39 is 6.04 Å². The van der Waals surface area contributed by atoms with E-state index in [1.807, 2.05) is 49.1 Å². The van der Waals surface area contributed by atoms with Crippen LogP contribution in [0, 0.1) is 11.8 Å². The van der Waals surface area contributed by atoms with Gasteiger partial charge in [-0.25, -0.2) is 0 Å². The summed E-state index contributed by atoms with van der Waals surface area (Å²) in [6.07, 6.45) is 1.24. The van der Waals surface area contributed by atoms with Crippen molar-refractivity contribution < 1.29 is 9.59 Å². The standard InChI is InChI=1S/C18H27N3O2.ClH/c1-13(2)17(18(23)21-9-8-15(11-19)12-21)20-16(22)10-14-6-4-3-5-7-14;/h3-7,13,15,17H,8-12,19H2,1-2H3,(H,20,22);1H. The van der Waals surface area contributed by atoms with Crippen molar-refractivity contribution in [2.24, 2.45) is 17.6 Å². The lowest BCUT2D eigenvalue weighted by atomic mass is 10.0. The minimum Gasteiger partial charge on any atom is -0.344 e. The van der Waals surface area contributed by atoms with E-state index in [-0.39, 0.29) is 30.1 Å². The summed E-state index contributed by atoms with van der Waals surface area (Å²) in [5.74, 6) is 0.334. The number of rotatable bonds is 6. The Morgan fingerprint density at radius 1 is 1.29 bits per heavy atom. The fraction of sp³-hybridized carbons (Fsp3) is 0.556. The molecule has 6 heteroatoms. The summed E-state index contributed by atoms with van der Waals surface area (Å²) in [4.78, 5) is 26.8. The number of nitrogens with two attached hydrogens (primary N) is 1. The number of nitrogens with zero attached hydrogens (tertiary/aromatic N) is 1. The smallest absolute Gasteiger partial charge is 0.245 e. The van der Waals surface area contributed by atoms with Crippen molar-refractivity contribution >= 4 is 24.2 Å². The summed E-state index contributed by atoms with van der Waals surface area (Å²) < 4.78 is 0. The van der Waals surface area contributed by atoms with Crippen molar-refractivity contribution in [3.63, 3.8) is 0 Å². The number of likely N-dealkylation sites (tertiary alicyclic amines) is 1. The largest absolute Gasteiger partial charge is 0.344 e. The molecule has 0 bridgehead atoms. The molecule has 1 aliphatic heterocycles. The van der Waals surface area contributed by atoms with Crippen molar-refractivity contribution in [1.29, 1.82) is 0 Å². The monoisotopic (exact) mass is 353 g/mol. The van der Waals surface area contributed by atoms with Crippen molar-refractivity contribution in [1.82, 2.24) is 10.2 Å². The van der Waals surface area contributed by atoms with Gasteiger partial charge in [-0.05, 0) is 30.4 Å². The van der Waals surface area contributed by atoms with Crippen LogP contribution in [0.4, 0.5) is 0 Å². The van der Waals surface area contributed by atoms with E-state index in [0.29, 0.717) is 25.4 Å². The topological polar surface area (TPSA) is 75.4 Å². The highest BCUT2D eigenvalue weighted by Crippen LogP contribution is 2.18. The van der Waals surface area contributed by atoms with Gasteiger partial charge in [0.25, 0.3) is 0 Å². The van der Waals surface area contributed by atoms with E-state index >= 15 is 0 Å². The molecule has 2 rings (SSSR count). The van der Waals surface area contributed by atoms with E-state index in [2.05, 4.69) is 5.32 Å². The zero-order valence-corrected chi connectivity index (χ0v) is 15.2. The molecule has 24 heavy (non-hydrogen) atoms. The molecule has 2 amide bonds. The molecule has 0 saturated carbocycles. The molecule has 2 unspecified atom stereocenters. The van der Waals surface area contributed by atoms with Crippen LogP contribution < -0.4 is 11.1 Å². The molecular weight excluding hydrogens is 326 g/mol. The van der Waals surface area contributed by atoms with E-state index in [1.54, 1.807) is 0 Å². The predicted molar refractivity (Wildman–Crippen MR) is 97.9 cm³/mol. The Hall–Kier alpha value is -1.59. The lowest BCUT2D eigenvalue weighted by Crippen LogP contribution is -2.51. The fourth-order valence-corrected chi connectivity index (χ4v) is 2.94. The predicted octanol–water partition coefficient (Wildman–Crippen LogP) is 1.60. The third-order valence-electron chi connectivity index (χ3n) is 4.39. The summed E-state index contributed by atoms with van der Waals surface area (Å²) in [5, 5.41) is 2.91. The molecule has 1 aromatic carbocycles. The highest BCUT2D eigenvalue weighted by Gasteiger charge is 2.32. The van der Waals surface area contributed by atoms with Crippen molar-refractivity contribution in [2.45, 2.75) is 32.7 Å². The average molecular weight is 354 g/mol. The van der Waals surface area contributed by atoms with Crippen molar-refractivity contribution in [3.8, 4) is 0 Å². The fourth-order valence-electron chi connectivity index (χ4n) is 2.94. The van der Waals surface area contributed by atoms with Gasteiger partial charge in [0.2, 0.25) is 11.8 Å². The van der Waals surface area contributed by atoms with Gasteiger partial charge >= 0.3 is 0 Å². The molecule has 1 aliphatic rings. The quantitative estimate of drug-likeness (QED) is 0.815. The number of hydrogen-bond acceptors (Lipinski definition) is 3. The molecule has 134 valence electrons. The zero-order valence-electron chi connectivity index (χ0n) is 14.4. The first-order chi connectivity index (χ1) is 11.0. The second kappa shape index (κ2) is 9.64. The number of benzene rings is 1. The maximum atomic E-state index is 12.7. The van der Waals surface area contributed by atoms with Gasteiger partial charge in [0.05, 0.1) is 6.42 Å². The number of amides is 2. The van der Waals surface area contributed by atoms with Crippen LogP contribution in [0.2, 0.25) is 0 Å². The minimum absolute atomic E-state index is 0. The molecule has 0 aliphatic carbocycles. The lowest BCUT2D eigenvalue weighted by molar-refractivity contribution is -0.136. The van der Waals surface area contributed by atoms with Crippen LogP contribution >= 0.6 is 12.4 Å². The van der Waals surface area contributed by atoms with E-state index in [4.69, 9.17) is 5.73 Å². The molecule has 0 aromatic heterocycles. The molecular formula is C18H28ClN3O2. The van der Waals surface area contributed by atoms with Gasteiger partial charge in [0, 0.05) is 13.1 Å². The van der Waals surface area contributed by atoms with Gasteiger partial charge < -0.3 is 16.0 Å². The molecule has 1 fully saturated rings. The Morgan fingerprint density at radius 2 is 1.96 bits per heavy atom. The minimum atomic E-state index is -0.470. The highest BCUT2D eigenvalue weighted by atomic mass is 35.5. The molecule has 0 spiro atoms. The summed E-state index contributed by atoms with van der Waals surface area (Å²) >= 11 is 0. The number of carbonyl (C=O) groups excluding carboxylic acids is 2. The van der Waals surface area contributed by atoms with Gasteiger partial charge in [0.15, 0.2) is 0 Å². The van der Waals surface area contributed by atoms with Crippen LogP contribution in [0.15, 0.2) is 30.3 Å². The maximum absolute atomic E-state index is 12.7. The van der Waals surface area contributed by atoms with Gasteiger partial charge in [-0.1, -0.05) is 44.2 Å².